The second-order valence-electron chi connectivity index (χ2n) is 3.83. The predicted molar refractivity (Wildman–Crippen MR) is 78.4 cm³/mol. The van der Waals surface area contributed by atoms with Crippen molar-refractivity contribution in [2.24, 2.45) is 10.2 Å². The number of amidine groups is 1. The summed E-state index contributed by atoms with van der Waals surface area (Å²) in [4.78, 5) is 11.0. The zero-order valence-corrected chi connectivity index (χ0v) is 12.0. The number of carbonyl (C=O) groups is 1. The normalized spacial score (nSPS) is 17.2. The van der Waals surface area contributed by atoms with Gasteiger partial charge in [0.15, 0.2) is 5.17 Å². The molecule has 5 nitrogen and oxygen atoms in total. The van der Waals surface area contributed by atoms with E-state index < -0.39 is 0 Å². The highest BCUT2D eigenvalue weighted by atomic mass is 35.5. The quantitative estimate of drug-likeness (QED) is 0.687. The van der Waals surface area contributed by atoms with Gasteiger partial charge in [-0.3, -0.25) is 4.79 Å². The number of carbonyl (C=O) groups excluding carboxylic acids is 1. The molecule has 1 amide bonds. The lowest BCUT2D eigenvalue weighted by Gasteiger charge is -2.06. The fourth-order valence-corrected chi connectivity index (χ4v) is 2.27. The van der Waals surface area contributed by atoms with Crippen LogP contribution in [0.1, 0.15) is 11.1 Å². The molecule has 0 unspecified atom stereocenters. The van der Waals surface area contributed by atoms with Gasteiger partial charge >= 0.3 is 0 Å². The molecule has 0 radical (unpaired) electrons. The van der Waals surface area contributed by atoms with E-state index in [0.29, 0.717) is 21.7 Å². The molecule has 1 aromatic rings. The van der Waals surface area contributed by atoms with E-state index in [9.17, 15) is 4.79 Å². The molecule has 7 heteroatoms. The molecule has 1 saturated heterocycles. The smallest absolute Gasteiger partial charge is 0.236 e. The van der Waals surface area contributed by atoms with E-state index >= 15 is 0 Å². The molecule has 1 fully saturated rings. The molecule has 0 spiro atoms. The van der Waals surface area contributed by atoms with Gasteiger partial charge in [-0.25, -0.2) is 0 Å². The van der Waals surface area contributed by atoms with E-state index in [4.69, 9.17) is 16.3 Å². The summed E-state index contributed by atoms with van der Waals surface area (Å²) in [5, 5.41) is 11.6. The summed E-state index contributed by atoms with van der Waals surface area (Å²) in [5.74, 6) is 0.998. The van der Waals surface area contributed by atoms with Gasteiger partial charge in [0.05, 0.1) is 19.1 Å². The second-order valence-corrected chi connectivity index (χ2v) is 5.20. The molecule has 19 heavy (non-hydrogen) atoms. The number of hydrogen-bond donors (Lipinski definition) is 1. The maximum absolute atomic E-state index is 11.0. The minimum Gasteiger partial charge on any atom is -0.496 e. The standard InChI is InChI=1S/C12H12ClN3O2S/c1-7-3-10(18-2)8(4-9(7)13)5-14-16-12-15-11(17)6-19-12/h3-5H,6H2,1-2H3,(H,15,16,17). The predicted octanol–water partition coefficient (Wildman–Crippen LogP) is 2.21. The zero-order chi connectivity index (χ0) is 13.8. The minimum absolute atomic E-state index is 0.0603. The van der Waals surface area contributed by atoms with Crippen LogP contribution >= 0.6 is 23.4 Å². The van der Waals surface area contributed by atoms with Gasteiger partial charge in [-0.2, -0.15) is 5.10 Å². The fraction of sp³-hybridized carbons (Fsp3) is 0.250. The van der Waals surface area contributed by atoms with Crippen molar-refractivity contribution in [2.45, 2.75) is 6.92 Å². The van der Waals surface area contributed by atoms with Crippen molar-refractivity contribution in [3.63, 3.8) is 0 Å². The molecule has 1 aliphatic rings. The van der Waals surface area contributed by atoms with Crippen LogP contribution in [0.5, 0.6) is 5.75 Å². The van der Waals surface area contributed by atoms with Crippen LogP contribution < -0.4 is 10.1 Å². The fourth-order valence-electron chi connectivity index (χ4n) is 1.47. The van der Waals surface area contributed by atoms with E-state index in [2.05, 4.69) is 15.5 Å². The van der Waals surface area contributed by atoms with Crippen molar-refractivity contribution < 1.29 is 9.53 Å². The van der Waals surface area contributed by atoms with Crippen molar-refractivity contribution in [3.05, 3.63) is 28.3 Å². The molecule has 1 aliphatic heterocycles. The van der Waals surface area contributed by atoms with Gasteiger partial charge in [0.25, 0.3) is 0 Å². The molecule has 1 N–H and O–H groups in total. The number of rotatable bonds is 3. The lowest BCUT2D eigenvalue weighted by molar-refractivity contribution is -0.116. The Kier molecular flexibility index (Phi) is 4.44. The summed E-state index contributed by atoms with van der Waals surface area (Å²) in [6.07, 6.45) is 1.54. The van der Waals surface area contributed by atoms with Crippen LogP contribution in [-0.2, 0) is 4.79 Å². The summed E-state index contributed by atoms with van der Waals surface area (Å²) < 4.78 is 5.25. The monoisotopic (exact) mass is 297 g/mol. The maximum atomic E-state index is 11.0. The lowest BCUT2D eigenvalue weighted by Crippen LogP contribution is -2.19. The molecule has 1 heterocycles. The van der Waals surface area contributed by atoms with Crippen molar-refractivity contribution in [2.75, 3.05) is 12.9 Å². The van der Waals surface area contributed by atoms with E-state index in [1.807, 2.05) is 13.0 Å². The highest BCUT2D eigenvalue weighted by molar-refractivity contribution is 8.15. The number of nitrogens with one attached hydrogen (secondary N) is 1. The number of amides is 1. The summed E-state index contributed by atoms with van der Waals surface area (Å²) >= 11 is 7.37. The summed E-state index contributed by atoms with van der Waals surface area (Å²) in [7, 11) is 1.58. The Morgan fingerprint density at radius 3 is 2.95 bits per heavy atom. The Balaban J connectivity index is 2.18. The SMILES string of the molecule is COc1cc(C)c(Cl)cc1C=NN=C1NC(=O)CS1. The number of benzene rings is 1. The number of methoxy groups -OCH3 is 1. The first-order chi connectivity index (χ1) is 9.10. The largest absolute Gasteiger partial charge is 0.496 e. The third-order valence-electron chi connectivity index (χ3n) is 2.44. The molecule has 0 bridgehead atoms. The first-order valence-corrected chi connectivity index (χ1v) is 6.84. The maximum Gasteiger partial charge on any atom is 0.236 e. The van der Waals surface area contributed by atoms with E-state index in [1.54, 1.807) is 19.4 Å². The van der Waals surface area contributed by atoms with Crippen LogP contribution in [0, 0.1) is 6.92 Å². The Morgan fingerprint density at radius 2 is 2.32 bits per heavy atom. The van der Waals surface area contributed by atoms with Crippen LogP contribution in [-0.4, -0.2) is 30.2 Å². The van der Waals surface area contributed by atoms with Crippen molar-refractivity contribution in [1.82, 2.24) is 5.32 Å². The molecule has 100 valence electrons. The van der Waals surface area contributed by atoms with Gasteiger partial charge in [-0.15, -0.1) is 5.10 Å². The van der Waals surface area contributed by atoms with Crippen molar-refractivity contribution in [1.29, 1.82) is 0 Å². The minimum atomic E-state index is -0.0603. The lowest BCUT2D eigenvalue weighted by atomic mass is 10.1. The Hall–Kier alpha value is -1.53. The third kappa shape index (κ3) is 3.48. The zero-order valence-electron chi connectivity index (χ0n) is 10.4. The average molecular weight is 298 g/mol. The average Bonchev–Trinajstić information content (AvgIpc) is 2.79. The van der Waals surface area contributed by atoms with Gasteiger partial charge < -0.3 is 10.1 Å². The summed E-state index contributed by atoms with van der Waals surface area (Å²) in [6.45, 7) is 1.90. The van der Waals surface area contributed by atoms with Gasteiger partial charge in [0, 0.05) is 10.6 Å². The first-order valence-electron chi connectivity index (χ1n) is 5.48. The number of hydrogen-bond acceptors (Lipinski definition) is 5. The number of halogens is 1. The Morgan fingerprint density at radius 1 is 1.53 bits per heavy atom. The van der Waals surface area contributed by atoms with E-state index in [-0.39, 0.29) is 5.91 Å². The molecular formula is C12H12ClN3O2S. The molecular weight excluding hydrogens is 286 g/mol. The number of thioether (sulfide) groups is 1. The summed E-state index contributed by atoms with van der Waals surface area (Å²) in [6, 6.07) is 3.60. The van der Waals surface area contributed by atoms with Gasteiger partial charge in [-0.05, 0) is 24.6 Å². The van der Waals surface area contributed by atoms with E-state index in [0.717, 1.165) is 11.1 Å². The van der Waals surface area contributed by atoms with Gasteiger partial charge in [-0.1, -0.05) is 23.4 Å². The van der Waals surface area contributed by atoms with Crippen molar-refractivity contribution in [3.8, 4) is 5.75 Å². The summed E-state index contributed by atoms with van der Waals surface area (Å²) in [5.41, 5.74) is 1.66. The Bertz CT molecular complexity index is 572. The molecule has 0 atom stereocenters. The first kappa shape index (κ1) is 13.9. The van der Waals surface area contributed by atoms with Crippen LogP contribution in [0.15, 0.2) is 22.3 Å². The molecule has 0 saturated carbocycles. The Labute approximate surface area is 120 Å². The van der Waals surface area contributed by atoms with Crippen LogP contribution in [0.3, 0.4) is 0 Å². The number of aryl methyl sites for hydroxylation is 1. The molecule has 0 aromatic heterocycles. The van der Waals surface area contributed by atoms with Crippen LogP contribution in [0.4, 0.5) is 0 Å². The number of ether oxygens (including phenoxy) is 1. The van der Waals surface area contributed by atoms with Crippen LogP contribution in [0.25, 0.3) is 0 Å². The molecule has 1 aromatic carbocycles. The topological polar surface area (TPSA) is 63.1 Å². The van der Waals surface area contributed by atoms with E-state index in [1.165, 1.54) is 11.8 Å². The highest BCUT2D eigenvalue weighted by Crippen LogP contribution is 2.25. The van der Waals surface area contributed by atoms with Gasteiger partial charge in [0.1, 0.15) is 5.75 Å². The van der Waals surface area contributed by atoms with Crippen molar-refractivity contribution >= 4 is 40.7 Å². The highest BCUT2D eigenvalue weighted by Gasteiger charge is 2.16. The van der Waals surface area contributed by atoms with Crippen LogP contribution in [0.2, 0.25) is 5.02 Å². The number of nitrogens with zero attached hydrogens (tertiary/aromatic N) is 2. The third-order valence-corrected chi connectivity index (χ3v) is 3.71. The second kappa shape index (κ2) is 6.08. The molecule has 0 aliphatic carbocycles. The van der Waals surface area contributed by atoms with Gasteiger partial charge in [0.2, 0.25) is 5.91 Å². The molecule has 2 rings (SSSR count).